The molecule has 1 aliphatic carbocycles. The molecule has 10 nitrogen and oxygen atoms in total. The number of benzene rings is 1. The van der Waals surface area contributed by atoms with Gasteiger partial charge in [-0.05, 0) is 36.7 Å². The Morgan fingerprint density at radius 3 is 2.68 bits per heavy atom. The summed E-state index contributed by atoms with van der Waals surface area (Å²) in [6, 6.07) is 6.43. The average Bonchev–Trinajstić information content (AvgIpc) is 3.55. The molecule has 34 heavy (non-hydrogen) atoms. The number of carbonyl (C=O) groups excluding carboxylic acids is 2. The summed E-state index contributed by atoms with van der Waals surface area (Å²) >= 11 is 2.48. The summed E-state index contributed by atoms with van der Waals surface area (Å²) in [5.74, 6) is 0.0463. The summed E-state index contributed by atoms with van der Waals surface area (Å²) < 4.78 is 26.2. The fourth-order valence-corrected chi connectivity index (χ4v) is 6.04. The minimum Gasteiger partial charge on any atom is -0.339 e. The van der Waals surface area contributed by atoms with Gasteiger partial charge in [0.25, 0.3) is 0 Å². The second-order valence-electron chi connectivity index (χ2n) is 7.81. The molecule has 0 unspecified atom stereocenters. The van der Waals surface area contributed by atoms with E-state index in [1.165, 1.54) is 23.1 Å². The Morgan fingerprint density at radius 2 is 1.97 bits per heavy atom. The molecule has 0 spiro atoms. The van der Waals surface area contributed by atoms with Gasteiger partial charge in [-0.25, -0.2) is 27.9 Å². The SMILES string of the molecule is CS(=O)(=O)NCc1nc(NC(=O)Nc2ccccc2C(=O)C2CCCC2)sc1Sc1ncc[nH]1. The van der Waals surface area contributed by atoms with E-state index in [1.54, 1.807) is 36.7 Å². The van der Waals surface area contributed by atoms with Crippen LogP contribution in [0.25, 0.3) is 0 Å². The summed E-state index contributed by atoms with van der Waals surface area (Å²) in [6.45, 7) is -0.0274. The zero-order valence-corrected chi connectivity index (χ0v) is 20.8. The van der Waals surface area contributed by atoms with E-state index >= 15 is 0 Å². The van der Waals surface area contributed by atoms with Crippen LogP contribution in [-0.2, 0) is 16.6 Å². The Balaban J connectivity index is 1.48. The Morgan fingerprint density at radius 1 is 1.21 bits per heavy atom. The lowest BCUT2D eigenvalue weighted by atomic mass is 9.95. The maximum Gasteiger partial charge on any atom is 0.325 e. The highest BCUT2D eigenvalue weighted by molar-refractivity contribution is 8.01. The van der Waals surface area contributed by atoms with E-state index in [2.05, 4.69) is 30.3 Å². The quantitative estimate of drug-likeness (QED) is 0.311. The molecule has 0 bridgehead atoms. The fraction of sp³-hybridized carbons (Fsp3) is 0.333. The lowest BCUT2D eigenvalue weighted by Crippen LogP contribution is -2.23. The maximum atomic E-state index is 12.9. The van der Waals surface area contributed by atoms with E-state index in [0.717, 1.165) is 31.9 Å². The van der Waals surface area contributed by atoms with E-state index in [-0.39, 0.29) is 23.4 Å². The van der Waals surface area contributed by atoms with Crippen molar-refractivity contribution >= 4 is 55.8 Å². The van der Waals surface area contributed by atoms with E-state index in [1.807, 2.05) is 0 Å². The van der Waals surface area contributed by atoms with Gasteiger partial charge in [0, 0.05) is 23.9 Å². The highest BCUT2D eigenvalue weighted by Gasteiger charge is 2.26. The number of aromatic nitrogens is 3. The van der Waals surface area contributed by atoms with Gasteiger partial charge in [-0.15, -0.1) is 0 Å². The molecule has 2 heterocycles. The number of H-pyrrole nitrogens is 1. The van der Waals surface area contributed by atoms with Crippen molar-refractivity contribution in [2.75, 3.05) is 16.9 Å². The molecule has 3 aromatic rings. The average molecular weight is 521 g/mol. The molecule has 180 valence electrons. The van der Waals surface area contributed by atoms with Gasteiger partial charge in [0.1, 0.15) is 0 Å². The molecule has 1 aromatic carbocycles. The number of urea groups is 1. The standard InChI is InChI=1S/C21H24N6O4S3/c1-34(30,31)24-12-16-18(32-20-22-10-11-23-20)33-21(26-16)27-19(29)25-15-9-5-4-8-14(15)17(28)13-6-2-3-7-13/h4-5,8-11,13,24H,2-3,6-7,12H2,1H3,(H,22,23)(H2,25,26,27,29). The molecule has 1 saturated carbocycles. The van der Waals surface area contributed by atoms with Gasteiger partial charge in [0.15, 0.2) is 16.1 Å². The molecule has 2 aromatic heterocycles. The first-order chi connectivity index (χ1) is 16.3. The van der Waals surface area contributed by atoms with Crippen LogP contribution in [0.1, 0.15) is 41.7 Å². The first kappa shape index (κ1) is 24.4. The van der Waals surface area contributed by atoms with Crippen LogP contribution in [0.5, 0.6) is 0 Å². The van der Waals surface area contributed by atoms with Crippen LogP contribution < -0.4 is 15.4 Å². The molecule has 4 N–H and O–H groups in total. The minimum absolute atomic E-state index is 0.00365. The number of hydrogen-bond acceptors (Lipinski definition) is 8. The number of nitrogens with zero attached hydrogens (tertiary/aromatic N) is 2. The Hall–Kier alpha value is -2.74. The number of anilines is 2. The molecule has 13 heteroatoms. The summed E-state index contributed by atoms with van der Waals surface area (Å²) in [5, 5.41) is 6.34. The van der Waals surface area contributed by atoms with E-state index < -0.39 is 16.1 Å². The van der Waals surface area contributed by atoms with E-state index in [9.17, 15) is 18.0 Å². The molecule has 1 aliphatic rings. The lowest BCUT2D eigenvalue weighted by Gasteiger charge is -2.13. The predicted octanol–water partition coefficient (Wildman–Crippen LogP) is 4.08. The van der Waals surface area contributed by atoms with Gasteiger partial charge in [0.05, 0.1) is 28.4 Å². The fourth-order valence-electron chi connectivity index (χ4n) is 3.64. The number of hydrogen-bond donors (Lipinski definition) is 4. The predicted molar refractivity (Wildman–Crippen MR) is 132 cm³/mol. The Labute approximate surface area is 205 Å². The normalized spacial score (nSPS) is 14.3. The number of aromatic amines is 1. The number of ketones is 1. The Kier molecular flexibility index (Phi) is 7.66. The van der Waals surface area contributed by atoms with Gasteiger partial charge in [0.2, 0.25) is 10.0 Å². The summed E-state index contributed by atoms with van der Waals surface area (Å²) in [6.07, 6.45) is 8.19. The van der Waals surface area contributed by atoms with Crippen LogP contribution >= 0.6 is 23.1 Å². The zero-order chi connectivity index (χ0) is 24.1. The maximum absolute atomic E-state index is 12.9. The van der Waals surface area contributed by atoms with Crippen molar-refractivity contribution in [3.8, 4) is 0 Å². The van der Waals surface area contributed by atoms with Crippen molar-refractivity contribution in [3.63, 3.8) is 0 Å². The summed E-state index contributed by atoms with van der Waals surface area (Å²) in [5.41, 5.74) is 1.40. The van der Waals surface area contributed by atoms with E-state index in [0.29, 0.717) is 26.3 Å². The molecular formula is C21H24N6O4S3. The van der Waals surface area contributed by atoms with Crippen molar-refractivity contribution in [3.05, 3.63) is 47.9 Å². The van der Waals surface area contributed by atoms with Crippen LogP contribution in [0.15, 0.2) is 46.0 Å². The zero-order valence-electron chi connectivity index (χ0n) is 18.3. The number of imidazole rings is 1. The van der Waals surface area contributed by atoms with Crippen LogP contribution in [0.2, 0.25) is 0 Å². The lowest BCUT2D eigenvalue weighted by molar-refractivity contribution is 0.0923. The molecule has 2 amide bonds. The van der Waals surface area contributed by atoms with Gasteiger partial charge >= 0.3 is 6.03 Å². The number of carbonyl (C=O) groups is 2. The van der Waals surface area contributed by atoms with Crippen molar-refractivity contribution in [2.24, 2.45) is 5.92 Å². The van der Waals surface area contributed by atoms with Crippen LogP contribution in [-0.4, -0.2) is 41.4 Å². The van der Waals surface area contributed by atoms with Gasteiger partial charge in [-0.1, -0.05) is 36.3 Å². The van der Waals surface area contributed by atoms with Crippen LogP contribution in [0.3, 0.4) is 0 Å². The van der Waals surface area contributed by atoms with Gasteiger partial charge in [-0.2, -0.15) is 0 Å². The number of para-hydroxylation sites is 1. The third kappa shape index (κ3) is 6.44. The van der Waals surface area contributed by atoms with Gasteiger partial charge < -0.3 is 10.3 Å². The van der Waals surface area contributed by atoms with Gasteiger partial charge in [-0.3, -0.25) is 10.1 Å². The van der Waals surface area contributed by atoms with Crippen molar-refractivity contribution in [1.82, 2.24) is 19.7 Å². The molecule has 4 rings (SSSR count). The smallest absolute Gasteiger partial charge is 0.325 e. The second-order valence-corrected chi connectivity index (χ2v) is 11.9. The third-order valence-corrected chi connectivity index (χ3v) is 8.03. The monoisotopic (exact) mass is 520 g/mol. The minimum atomic E-state index is -3.43. The van der Waals surface area contributed by atoms with Crippen molar-refractivity contribution < 1.29 is 18.0 Å². The highest BCUT2D eigenvalue weighted by atomic mass is 32.2. The number of rotatable bonds is 9. The number of nitrogens with one attached hydrogen (secondary N) is 4. The molecule has 1 fully saturated rings. The topological polar surface area (TPSA) is 146 Å². The second kappa shape index (κ2) is 10.7. The molecule has 0 aliphatic heterocycles. The number of Topliss-reactive ketones (excluding diaryl/α,β-unsaturated/α-hetero) is 1. The molecular weight excluding hydrogens is 496 g/mol. The first-order valence-corrected chi connectivity index (χ1v) is 14.1. The van der Waals surface area contributed by atoms with E-state index in [4.69, 9.17) is 0 Å². The molecule has 0 atom stereocenters. The molecule has 0 radical (unpaired) electrons. The summed E-state index contributed by atoms with van der Waals surface area (Å²) in [4.78, 5) is 37.2. The van der Waals surface area contributed by atoms with Crippen LogP contribution in [0.4, 0.5) is 15.6 Å². The number of thiazole rings is 1. The number of amides is 2. The van der Waals surface area contributed by atoms with Crippen molar-refractivity contribution in [2.45, 2.75) is 41.6 Å². The Bertz CT molecular complexity index is 1270. The molecule has 0 saturated heterocycles. The van der Waals surface area contributed by atoms with Crippen LogP contribution in [0, 0.1) is 5.92 Å². The van der Waals surface area contributed by atoms with Crippen molar-refractivity contribution in [1.29, 1.82) is 0 Å². The first-order valence-electron chi connectivity index (χ1n) is 10.6. The number of sulfonamides is 1. The third-order valence-electron chi connectivity index (χ3n) is 5.21. The largest absolute Gasteiger partial charge is 0.339 e. The highest BCUT2D eigenvalue weighted by Crippen LogP contribution is 2.36. The summed E-state index contributed by atoms with van der Waals surface area (Å²) in [7, 11) is -3.43.